The molecule has 22 heavy (non-hydrogen) atoms. The van der Waals surface area contributed by atoms with Gasteiger partial charge in [-0.05, 0) is 51.4 Å². The molecule has 2 rings (SSSR count). The van der Waals surface area contributed by atoms with E-state index in [0.29, 0.717) is 5.92 Å². The minimum absolute atomic E-state index is 0.196. The fourth-order valence-electron chi connectivity index (χ4n) is 2.36. The number of benzene rings is 1. The maximum Gasteiger partial charge on any atom is 0.410 e. The van der Waals surface area contributed by atoms with Gasteiger partial charge in [0.1, 0.15) is 5.60 Å². The highest BCUT2D eigenvalue weighted by atomic mass is 79.9. The molecule has 0 aliphatic carbocycles. The third-order valence-corrected chi connectivity index (χ3v) is 4.07. The average molecular weight is 369 g/mol. The molecule has 1 aliphatic heterocycles. The molecule has 122 valence electrons. The molecule has 1 aliphatic rings. The average Bonchev–Trinajstić information content (AvgIpc) is 2.36. The number of halogens is 1. The van der Waals surface area contributed by atoms with E-state index < -0.39 is 5.60 Å². The Morgan fingerprint density at radius 1 is 1.32 bits per heavy atom. The Balaban J connectivity index is 1.57. The van der Waals surface area contributed by atoms with Crippen LogP contribution in [0.25, 0.3) is 0 Å². The van der Waals surface area contributed by atoms with Crippen LogP contribution in [0.4, 0.5) is 4.79 Å². The lowest BCUT2D eigenvalue weighted by molar-refractivity contribution is -0.000715. The summed E-state index contributed by atoms with van der Waals surface area (Å²) >= 11 is 3.44. The van der Waals surface area contributed by atoms with Crippen molar-refractivity contribution in [3.05, 3.63) is 34.3 Å². The van der Waals surface area contributed by atoms with Crippen molar-refractivity contribution in [3.8, 4) is 0 Å². The van der Waals surface area contributed by atoms with Crippen LogP contribution >= 0.6 is 15.9 Å². The van der Waals surface area contributed by atoms with Crippen molar-refractivity contribution in [3.63, 3.8) is 0 Å². The Morgan fingerprint density at radius 3 is 2.55 bits per heavy atom. The smallest absolute Gasteiger partial charge is 0.410 e. The summed E-state index contributed by atoms with van der Waals surface area (Å²) in [4.78, 5) is 13.6. The monoisotopic (exact) mass is 368 g/mol. The quantitative estimate of drug-likeness (QED) is 0.809. The molecule has 1 aromatic rings. The molecule has 1 amide bonds. The molecule has 1 aromatic carbocycles. The van der Waals surface area contributed by atoms with Gasteiger partial charge in [-0.2, -0.15) is 0 Å². The van der Waals surface area contributed by atoms with Gasteiger partial charge in [0.25, 0.3) is 0 Å². The van der Waals surface area contributed by atoms with Gasteiger partial charge in [0.2, 0.25) is 0 Å². The van der Waals surface area contributed by atoms with E-state index in [-0.39, 0.29) is 6.09 Å². The second-order valence-electron chi connectivity index (χ2n) is 6.83. The first-order chi connectivity index (χ1) is 10.3. The molecule has 0 aromatic heterocycles. The van der Waals surface area contributed by atoms with Crippen LogP contribution in [0.1, 0.15) is 26.3 Å². The molecule has 0 bridgehead atoms. The zero-order valence-corrected chi connectivity index (χ0v) is 15.1. The number of ether oxygens (including phenoxy) is 1. The molecule has 5 heteroatoms. The number of likely N-dealkylation sites (tertiary alicyclic amines) is 1. The summed E-state index contributed by atoms with van der Waals surface area (Å²) < 4.78 is 6.46. The molecular weight excluding hydrogens is 344 g/mol. The third-order valence-electron chi connectivity index (χ3n) is 3.55. The number of carbonyl (C=O) groups is 1. The zero-order valence-electron chi connectivity index (χ0n) is 13.6. The van der Waals surface area contributed by atoms with Crippen molar-refractivity contribution < 1.29 is 9.53 Å². The third kappa shape index (κ3) is 5.61. The minimum atomic E-state index is -0.412. The number of nitrogens with zero attached hydrogens (tertiary/aromatic N) is 1. The normalized spacial score (nSPS) is 15.5. The lowest BCUT2D eigenvalue weighted by atomic mass is 10.0. The summed E-state index contributed by atoms with van der Waals surface area (Å²) in [5.41, 5.74) is 0.921. The SMILES string of the molecule is CC(C)(C)OC(=O)N1CC(CNCCc2ccc(Br)cc2)C1. The zero-order chi connectivity index (χ0) is 16.2. The van der Waals surface area contributed by atoms with E-state index in [2.05, 4.69) is 45.5 Å². The lowest BCUT2D eigenvalue weighted by Crippen LogP contribution is -2.54. The van der Waals surface area contributed by atoms with Crippen molar-refractivity contribution in [1.82, 2.24) is 10.2 Å². The Labute approximate surface area is 141 Å². The van der Waals surface area contributed by atoms with E-state index in [0.717, 1.165) is 37.1 Å². The second-order valence-corrected chi connectivity index (χ2v) is 7.75. The second kappa shape index (κ2) is 7.47. The van der Waals surface area contributed by atoms with Gasteiger partial charge in [-0.1, -0.05) is 28.1 Å². The summed E-state index contributed by atoms with van der Waals surface area (Å²) in [6, 6.07) is 8.42. The van der Waals surface area contributed by atoms with Gasteiger partial charge in [0.15, 0.2) is 0 Å². The number of nitrogens with one attached hydrogen (secondary N) is 1. The Kier molecular flexibility index (Phi) is 5.87. The number of rotatable bonds is 5. The van der Waals surface area contributed by atoms with Gasteiger partial charge in [-0.3, -0.25) is 0 Å². The highest BCUT2D eigenvalue weighted by molar-refractivity contribution is 9.10. The lowest BCUT2D eigenvalue weighted by Gasteiger charge is -2.39. The summed E-state index contributed by atoms with van der Waals surface area (Å²) in [5.74, 6) is 0.539. The molecule has 1 saturated heterocycles. The highest BCUT2D eigenvalue weighted by Gasteiger charge is 2.33. The largest absolute Gasteiger partial charge is 0.444 e. The van der Waals surface area contributed by atoms with Crippen LogP contribution in [0, 0.1) is 5.92 Å². The molecule has 1 heterocycles. The van der Waals surface area contributed by atoms with Crippen molar-refractivity contribution in [2.75, 3.05) is 26.2 Å². The molecule has 0 spiro atoms. The van der Waals surface area contributed by atoms with Gasteiger partial charge < -0.3 is 15.0 Å². The van der Waals surface area contributed by atoms with Crippen molar-refractivity contribution in [1.29, 1.82) is 0 Å². The van der Waals surface area contributed by atoms with E-state index >= 15 is 0 Å². The van der Waals surface area contributed by atoms with Gasteiger partial charge >= 0.3 is 6.09 Å². The molecule has 0 saturated carbocycles. The number of hydrogen-bond donors (Lipinski definition) is 1. The molecular formula is C17H25BrN2O2. The van der Waals surface area contributed by atoms with E-state index in [1.165, 1.54) is 5.56 Å². The summed E-state index contributed by atoms with van der Waals surface area (Å²) in [6.07, 6.45) is 0.828. The van der Waals surface area contributed by atoms with Gasteiger partial charge in [-0.15, -0.1) is 0 Å². The fraction of sp³-hybridized carbons (Fsp3) is 0.588. The molecule has 4 nitrogen and oxygen atoms in total. The summed E-state index contributed by atoms with van der Waals surface area (Å²) in [5, 5.41) is 3.47. The van der Waals surface area contributed by atoms with Crippen molar-refractivity contribution >= 4 is 22.0 Å². The Morgan fingerprint density at radius 2 is 1.95 bits per heavy atom. The van der Waals surface area contributed by atoms with E-state index in [4.69, 9.17) is 4.74 Å². The number of hydrogen-bond acceptors (Lipinski definition) is 3. The topological polar surface area (TPSA) is 41.6 Å². The number of carbonyl (C=O) groups excluding carboxylic acids is 1. The van der Waals surface area contributed by atoms with Crippen LogP contribution < -0.4 is 5.32 Å². The molecule has 1 N–H and O–H groups in total. The Hall–Kier alpha value is -1.07. The molecule has 0 unspecified atom stereocenters. The standard InChI is InChI=1S/C17H25BrN2O2/c1-17(2,3)22-16(21)20-11-14(12-20)10-19-9-8-13-4-6-15(18)7-5-13/h4-7,14,19H,8-12H2,1-3H3. The number of amides is 1. The van der Waals surface area contributed by atoms with E-state index in [1.54, 1.807) is 4.90 Å². The maximum atomic E-state index is 11.8. The summed E-state index contributed by atoms with van der Waals surface area (Å²) in [7, 11) is 0. The fourth-order valence-corrected chi connectivity index (χ4v) is 2.63. The predicted octanol–water partition coefficient (Wildman–Crippen LogP) is 3.45. The molecule has 0 radical (unpaired) electrons. The molecule has 1 fully saturated rings. The van der Waals surface area contributed by atoms with Crippen LogP contribution in [0.15, 0.2) is 28.7 Å². The predicted molar refractivity (Wildman–Crippen MR) is 92.0 cm³/mol. The van der Waals surface area contributed by atoms with E-state index in [1.807, 2.05) is 20.8 Å². The maximum absolute atomic E-state index is 11.8. The van der Waals surface area contributed by atoms with Crippen molar-refractivity contribution in [2.24, 2.45) is 5.92 Å². The Bertz CT molecular complexity index is 490. The highest BCUT2D eigenvalue weighted by Crippen LogP contribution is 2.19. The first kappa shape index (κ1) is 17.3. The van der Waals surface area contributed by atoms with Crippen molar-refractivity contribution in [2.45, 2.75) is 32.8 Å². The summed E-state index contributed by atoms with van der Waals surface area (Å²) in [6.45, 7) is 9.18. The van der Waals surface area contributed by atoms with Crippen LogP contribution in [0.3, 0.4) is 0 Å². The van der Waals surface area contributed by atoms with E-state index in [9.17, 15) is 4.79 Å². The van der Waals surface area contributed by atoms with Gasteiger partial charge in [0, 0.05) is 30.0 Å². The van der Waals surface area contributed by atoms with Crippen LogP contribution in [-0.4, -0.2) is 42.8 Å². The van der Waals surface area contributed by atoms with Crippen LogP contribution in [0.5, 0.6) is 0 Å². The van der Waals surface area contributed by atoms with Gasteiger partial charge in [-0.25, -0.2) is 4.79 Å². The van der Waals surface area contributed by atoms with Gasteiger partial charge in [0.05, 0.1) is 0 Å². The minimum Gasteiger partial charge on any atom is -0.444 e. The molecule has 0 atom stereocenters. The van der Waals surface area contributed by atoms with Crippen LogP contribution in [-0.2, 0) is 11.2 Å². The first-order valence-corrected chi connectivity index (χ1v) is 8.56. The first-order valence-electron chi connectivity index (χ1n) is 7.76. The van der Waals surface area contributed by atoms with Crippen LogP contribution in [0.2, 0.25) is 0 Å².